The summed E-state index contributed by atoms with van der Waals surface area (Å²) in [6, 6.07) is 10.9. The van der Waals surface area contributed by atoms with E-state index in [0.717, 1.165) is 4.80 Å². The molecule has 1 atom stereocenters. The van der Waals surface area contributed by atoms with Crippen LogP contribution in [0.4, 0.5) is 10.1 Å². The summed E-state index contributed by atoms with van der Waals surface area (Å²) in [5, 5.41) is 15.1. The van der Waals surface area contributed by atoms with Crippen LogP contribution in [-0.2, 0) is 16.1 Å². The van der Waals surface area contributed by atoms with Crippen molar-refractivity contribution in [3.8, 4) is 11.6 Å². The van der Waals surface area contributed by atoms with Gasteiger partial charge in [0.15, 0.2) is 11.8 Å². The van der Waals surface area contributed by atoms with E-state index < -0.39 is 29.2 Å². The molecule has 0 aliphatic rings. The molecule has 2 amide bonds. The highest BCUT2D eigenvalue weighted by Gasteiger charge is 2.37. The Hall–Kier alpha value is -4.28. The second-order valence-electron chi connectivity index (χ2n) is 9.38. The summed E-state index contributed by atoms with van der Waals surface area (Å²) in [6.07, 6.45) is 0. The van der Waals surface area contributed by atoms with E-state index in [1.165, 1.54) is 29.2 Å². The zero-order valence-corrected chi connectivity index (χ0v) is 20.7. The van der Waals surface area contributed by atoms with Crippen LogP contribution < -0.4 is 10.2 Å². The smallest absolute Gasteiger partial charge is 0.251 e. The predicted octanol–water partition coefficient (Wildman–Crippen LogP) is 3.97. The molecular weight excluding hydrogens is 467 g/mol. The molecule has 11 heteroatoms. The van der Waals surface area contributed by atoms with Crippen LogP contribution in [0.1, 0.15) is 44.1 Å². The number of aromatic nitrogens is 4. The third-order valence-corrected chi connectivity index (χ3v) is 5.10. The highest BCUT2D eigenvalue weighted by Crippen LogP contribution is 2.30. The summed E-state index contributed by atoms with van der Waals surface area (Å²) in [7, 11) is 0. The number of aryl methyl sites for hydroxylation is 2. The van der Waals surface area contributed by atoms with Crippen molar-refractivity contribution in [3.05, 3.63) is 71.6 Å². The van der Waals surface area contributed by atoms with E-state index >= 15 is 0 Å². The molecule has 0 spiro atoms. The largest absolute Gasteiger partial charge is 0.464 e. The molecule has 0 aliphatic carbocycles. The molecule has 1 aromatic carbocycles. The number of nitrogens with zero attached hydrogens (tertiary/aromatic N) is 5. The lowest BCUT2D eigenvalue weighted by molar-refractivity contribution is -0.128. The van der Waals surface area contributed by atoms with Crippen molar-refractivity contribution < 1.29 is 22.8 Å². The Balaban J connectivity index is 1.72. The number of carbonyl (C=O) groups excluding carboxylic acids is 2. The van der Waals surface area contributed by atoms with Gasteiger partial charge in [0.1, 0.15) is 29.6 Å². The van der Waals surface area contributed by atoms with Gasteiger partial charge in [-0.2, -0.15) is 4.80 Å². The number of benzene rings is 1. The van der Waals surface area contributed by atoms with Gasteiger partial charge in [-0.15, -0.1) is 10.2 Å². The lowest BCUT2D eigenvalue weighted by Crippen LogP contribution is -2.50. The number of hydrogen-bond donors (Lipinski definition) is 1. The molecule has 0 radical (unpaired) electrons. The van der Waals surface area contributed by atoms with Crippen LogP contribution in [0.2, 0.25) is 0 Å². The summed E-state index contributed by atoms with van der Waals surface area (Å²) in [4.78, 5) is 29.6. The second kappa shape index (κ2) is 9.76. The van der Waals surface area contributed by atoms with E-state index in [-0.39, 0.29) is 18.1 Å². The van der Waals surface area contributed by atoms with Crippen molar-refractivity contribution >= 4 is 17.5 Å². The van der Waals surface area contributed by atoms with Gasteiger partial charge < -0.3 is 14.2 Å². The molecule has 1 N–H and O–H groups in total. The quantitative estimate of drug-likeness (QED) is 0.413. The molecular formula is C25H27FN6O4. The lowest BCUT2D eigenvalue weighted by atomic mass is 10.1. The van der Waals surface area contributed by atoms with Gasteiger partial charge in [0, 0.05) is 11.2 Å². The standard InChI is InChI=1S/C25H27FN6O4/c1-15-6-12-19(35-15)22(24(34)27-25(3,4)5)32(18-10-8-17(26)9-11-18)21(33)14-31-29-23(28-30-31)20-13-7-16(2)36-20/h6-13,22H,14H2,1-5H3,(H,27,34)/t22-/m0/s1. The molecule has 0 unspecified atom stereocenters. The SMILES string of the molecule is Cc1ccc(-c2nnn(CC(=O)N(c3ccc(F)cc3)[C@H](C(=O)NC(C)(C)C)c3ccc(C)o3)n2)o1. The number of furan rings is 2. The Morgan fingerprint density at radius 2 is 1.69 bits per heavy atom. The summed E-state index contributed by atoms with van der Waals surface area (Å²) < 4.78 is 25.0. The normalized spacial score (nSPS) is 12.4. The van der Waals surface area contributed by atoms with Crippen LogP contribution in [0.25, 0.3) is 11.6 Å². The van der Waals surface area contributed by atoms with E-state index in [1.54, 1.807) is 38.1 Å². The highest BCUT2D eigenvalue weighted by atomic mass is 19.1. The Labute approximate surface area is 207 Å². The van der Waals surface area contributed by atoms with Crippen LogP contribution in [0.15, 0.2) is 57.4 Å². The van der Waals surface area contributed by atoms with Crippen LogP contribution in [-0.4, -0.2) is 37.6 Å². The fourth-order valence-electron chi connectivity index (χ4n) is 3.61. The second-order valence-corrected chi connectivity index (χ2v) is 9.38. The van der Waals surface area contributed by atoms with Crippen LogP contribution >= 0.6 is 0 Å². The molecule has 0 aliphatic heterocycles. The first-order valence-corrected chi connectivity index (χ1v) is 11.3. The van der Waals surface area contributed by atoms with Gasteiger partial charge in [-0.25, -0.2) is 4.39 Å². The fraction of sp³-hybridized carbons (Fsp3) is 0.320. The maximum Gasteiger partial charge on any atom is 0.251 e. The molecule has 4 rings (SSSR count). The molecule has 10 nitrogen and oxygen atoms in total. The van der Waals surface area contributed by atoms with Crippen molar-refractivity contribution in [1.29, 1.82) is 0 Å². The molecule has 0 bridgehead atoms. The van der Waals surface area contributed by atoms with E-state index in [4.69, 9.17) is 8.83 Å². The number of halogens is 1. The average molecular weight is 495 g/mol. The average Bonchev–Trinajstić information content (AvgIpc) is 3.53. The Morgan fingerprint density at radius 1 is 1.03 bits per heavy atom. The minimum Gasteiger partial charge on any atom is -0.464 e. The minimum atomic E-state index is -1.17. The zero-order valence-electron chi connectivity index (χ0n) is 20.7. The van der Waals surface area contributed by atoms with E-state index in [0.29, 0.717) is 23.0 Å². The summed E-state index contributed by atoms with van der Waals surface area (Å²) in [5.74, 6) is 0.653. The van der Waals surface area contributed by atoms with E-state index in [1.807, 2.05) is 20.8 Å². The maximum atomic E-state index is 13.7. The van der Waals surface area contributed by atoms with Crippen molar-refractivity contribution in [1.82, 2.24) is 25.5 Å². The third-order valence-electron chi connectivity index (χ3n) is 5.10. The molecule has 0 saturated heterocycles. The number of anilines is 1. The van der Waals surface area contributed by atoms with Gasteiger partial charge in [-0.05, 0) is 88.4 Å². The number of carbonyl (C=O) groups is 2. The van der Waals surface area contributed by atoms with Crippen molar-refractivity contribution in [2.24, 2.45) is 0 Å². The van der Waals surface area contributed by atoms with Crippen LogP contribution in [0.3, 0.4) is 0 Å². The van der Waals surface area contributed by atoms with Gasteiger partial charge >= 0.3 is 0 Å². The summed E-state index contributed by atoms with van der Waals surface area (Å²) in [5.41, 5.74) is -0.288. The van der Waals surface area contributed by atoms with Gasteiger partial charge in [0.25, 0.3) is 11.8 Å². The van der Waals surface area contributed by atoms with Gasteiger partial charge in [-0.1, -0.05) is 0 Å². The number of tetrazole rings is 1. The van der Waals surface area contributed by atoms with E-state index in [9.17, 15) is 14.0 Å². The molecule has 4 aromatic rings. The number of amides is 2. The van der Waals surface area contributed by atoms with E-state index in [2.05, 4.69) is 20.7 Å². The molecule has 188 valence electrons. The first-order chi connectivity index (χ1) is 17.0. The Morgan fingerprint density at radius 3 is 2.28 bits per heavy atom. The number of nitrogens with one attached hydrogen (secondary N) is 1. The van der Waals surface area contributed by atoms with Crippen LogP contribution in [0, 0.1) is 19.7 Å². The third kappa shape index (κ3) is 5.68. The first kappa shape index (κ1) is 24.8. The monoisotopic (exact) mass is 494 g/mol. The van der Waals surface area contributed by atoms with Gasteiger partial charge in [0.2, 0.25) is 5.82 Å². The zero-order chi connectivity index (χ0) is 26.0. The first-order valence-electron chi connectivity index (χ1n) is 11.3. The molecule has 3 heterocycles. The number of hydrogen-bond acceptors (Lipinski definition) is 7. The van der Waals surface area contributed by atoms with Gasteiger partial charge in [-0.3, -0.25) is 14.5 Å². The lowest BCUT2D eigenvalue weighted by Gasteiger charge is -2.32. The molecule has 3 aromatic heterocycles. The van der Waals surface area contributed by atoms with Gasteiger partial charge in [0.05, 0.1) is 0 Å². The minimum absolute atomic E-state index is 0.216. The van der Waals surface area contributed by atoms with Crippen LogP contribution in [0.5, 0.6) is 0 Å². The summed E-state index contributed by atoms with van der Waals surface area (Å²) >= 11 is 0. The summed E-state index contributed by atoms with van der Waals surface area (Å²) in [6.45, 7) is 8.67. The fourth-order valence-corrected chi connectivity index (χ4v) is 3.61. The van der Waals surface area contributed by atoms with Crippen molar-refractivity contribution in [3.63, 3.8) is 0 Å². The Kier molecular flexibility index (Phi) is 6.73. The maximum absolute atomic E-state index is 13.7. The molecule has 36 heavy (non-hydrogen) atoms. The molecule has 0 saturated carbocycles. The van der Waals surface area contributed by atoms with Crippen molar-refractivity contribution in [2.75, 3.05) is 4.90 Å². The topological polar surface area (TPSA) is 119 Å². The highest BCUT2D eigenvalue weighted by molar-refractivity contribution is 6.01. The predicted molar refractivity (Wildman–Crippen MR) is 128 cm³/mol. The Bertz CT molecular complexity index is 1370. The number of rotatable bonds is 7. The molecule has 0 fully saturated rings. The van der Waals surface area contributed by atoms with Crippen molar-refractivity contribution in [2.45, 2.75) is 52.7 Å².